The Morgan fingerprint density at radius 2 is 2.33 bits per heavy atom. The standard InChI is InChI=1S/C8H11N3O/c1-5-3-6(2)11-7(9-5)4-8(12)10-11/h3-4,8,10,12H,1-2H3. The van der Waals surface area contributed by atoms with Gasteiger partial charge in [0, 0.05) is 17.5 Å². The van der Waals surface area contributed by atoms with Crippen LogP contribution in [-0.2, 0) is 0 Å². The lowest BCUT2D eigenvalue weighted by Crippen LogP contribution is -2.36. The van der Waals surface area contributed by atoms with Crippen molar-refractivity contribution in [3.8, 4) is 0 Å². The lowest BCUT2D eigenvalue weighted by molar-refractivity contribution is 0.134. The first-order valence-electron chi connectivity index (χ1n) is 3.86. The van der Waals surface area contributed by atoms with E-state index in [2.05, 4.69) is 10.4 Å². The topological polar surface area (TPSA) is 47.9 Å². The molecule has 4 nitrogen and oxygen atoms in total. The zero-order valence-electron chi connectivity index (χ0n) is 7.07. The predicted molar refractivity (Wildman–Crippen MR) is 45.9 cm³/mol. The van der Waals surface area contributed by atoms with Crippen LogP contribution >= 0.6 is 0 Å². The molecule has 0 bridgehead atoms. The molecule has 0 aromatic rings. The van der Waals surface area contributed by atoms with E-state index in [1.807, 2.05) is 19.9 Å². The number of rotatable bonds is 0. The van der Waals surface area contributed by atoms with Crippen molar-refractivity contribution in [2.75, 3.05) is 0 Å². The third-order valence-corrected chi connectivity index (χ3v) is 1.86. The van der Waals surface area contributed by atoms with E-state index < -0.39 is 6.23 Å². The fourth-order valence-corrected chi connectivity index (χ4v) is 1.40. The lowest BCUT2D eigenvalue weighted by Gasteiger charge is -2.24. The Balaban J connectivity index is 2.37. The highest BCUT2D eigenvalue weighted by Gasteiger charge is 2.24. The molecule has 64 valence electrons. The third kappa shape index (κ3) is 1.05. The molecule has 0 saturated carbocycles. The van der Waals surface area contributed by atoms with Crippen molar-refractivity contribution in [2.24, 2.45) is 4.99 Å². The molecule has 0 amide bonds. The average Bonchev–Trinajstić information content (AvgIpc) is 2.29. The Morgan fingerprint density at radius 1 is 1.58 bits per heavy atom. The maximum Gasteiger partial charge on any atom is 0.147 e. The third-order valence-electron chi connectivity index (χ3n) is 1.86. The predicted octanol–water partition coefficient (Wildman–Crippen LogP) is 0.345. The minimum atomic E-state index is -0.613. The molecule has 0 spiro atoms. The fraction of sp³-hybridized carbons (Fsp3) is 0.375. The maximum atomic E-state index is 9.24. The van der Waals surface area contributed by atoms with Crippen molar-refractivity contribution in [1.29, 1.82) is 0 Å². The highest BCUT2D eigenvalue weighted by molar-refractivity contribution is 5.94. The van der Waals surface area contributed by atoms with Gasteiger partial charge in [0.1, 0.15) is 12.0 Å². The molecule has 1 unspecified atom stereocenters. The van der Waals surface area contributed by atoms with E-state index in [1.165, 1.54) is 0 Å². The first-order valence-corrected chi connectivity index (χ1v) is 3.86. The lowest BCUT2D eigenvalue weighted by atomic mass is 10.3. The summed E-state index contributed by atoms with van der Waals surface area (Å²) < 4.78 is 0. The Bertz CT molecular complexity index is 303. The molecule has 4 heteroatoms. The van der Waals surface area contributed by atoms with E-state index in [-0.39, 0.29) is 0 Å². The summed E-state index contributed by atoms with van der Waals surface area (Å²) in [5.41, 5.74) is 4.86. The van der Waals surface area contributed by atoms with Crippen LogP contribution in [0.5, 0.6) is 0 Å². The highest BCUT2D eigenvalue weighted by atomic mass is 16.3. The summed E-state index contributed by atoms with van der Waals surface area (Å²) in [6.45, 7) is 3.91. The number of aliphatic hydroxyl groups is 1. The van der Waals surface area contributed by atoms with Gasteiger partial charge in [-0.1, -0.05) is 0 Å². The molecule has 12 heavy (non-hydrogen) atoms. The average molecular weight is 165 g/mol. The number of hydrogen-bond donors (Lipinski definition) is 2. The Hall–Kier alpha value is -1.13. The summed E-state index contributed by atoms with van der Waals surface area (Å²) in [7, 11) is 0. The molecule has 2 N–H and O–H groups in total. The summed E-state index contributed by atoms with van der Waals surface area (Å²) in [6.07, 6.45) is 3.03. The molecule has 2 rings (SSSR count). The number of allylic oxidation sites excluding steroid dienone is 2. The molecule has 0 fully saturated rings. The minimum Gasteiger partial charge on any atom is -0.373 e. The van der Waals surface area contributed by atoms with Crippen LogP contribution in [0.2, 0.25) is 0 Å². The first kappa shape index (κ1) is 7.52. The second-order valence-corrected chi connectivity index (χ2v) is 2.97. The van der Waals surface area contributed by atoms with Crippen LogP contribution < -0.4 is 5.43 Å². The first-order chi connectivity index (χ1) is 5.66. The van der Waals surface area contributed by atoms with Crippen LogP contribution in [0.25, 0.3) is 0 Å². The molecule has 1 atom stereocenters. The van der Waals surface area contributed by atoms with E-state index in [4.69, 9.17) is 0 Å². The summed E-state index contributed by atoms with van der Waals surface area (Å²) in [5, 5.41) is 11.0. The minimum absolute atomic E-state index is 0.613. The van der Waals surface area contributed by atoms with E-state index in [0.29, 0.717) is 0 Å². The van der Waals surface area contributed by atoms with Gasteiger partial charge in [-0.2, -0.15) is 5.43 Å². The zero-order valence-corrected chi connectivity index (χ0v) is 7.07. The number of nitrogens with one attached hydrogen (secondary N) is 1. The maximum absolute atomic E-state index is 9.24. The van der Waals surface area contributed by atoms with Crippen molar-refractivity contribution in [1.82, 2.24) is 10.4 Å². The van der Waals surface area contributed by atoms with Crippen LogP contribution in [-0.4, -0.2) is 22.1 Å². The molecule has 0 aliphatic carbocycles. The Kier molecular flexibility index (Phi) is 1.52. The van der Waals surface area contributed by atoms with Gasteiger partial charge < -0.3 is 5.11 Å². The Labute approximate surface area is 70.9 Å². The van der Waals surface area contributed by atoms with Crippen molar-refractivity contribution in [2.45, 2.75) is 20.1 Å². The van der Waals surface area contributed by atoms with Gasteiger partial charge in [-0.15, -0.1) is 0 Å². The second-order valence-electron chi connectivity index (χ2n) is 2.97. The van der Waals surface area contributed by atoms with Gasteiger partial charge in [-0.25, -0.2) is 4.99 Å². The molecule has 0 radical (unpaired) electrons. The smallest absolute Gasteiger partial charge is 0.147 e. The van der Waals surface area contributed by atoms with Gasteiger partial charge in [0.25, 0.3) is 0 Å². The summed E-state index contributed by atoms with van der Waals surface area (Å²) >= 11 is 0. The van der Waals surface area contributed by atoms with Gasteiger partial charge in [-0.05, 0) is 19.9 Å². The normalized spacial score (nSPS) is 27.8. The summed E-state index contributed by atoms with van der Waals surface area (Å²) in [5.74, 6) is 0.778. The number of aliphatic hydroxyl groups excluding tert-OH is 1. The molecule has 0 aromatic heterocycles. The number of hydrogen-bond acceptors (Lipinski definition) is 4. The van der Waals surface area contributed by atoms with E-state index in [9.17, 15) is 5.11 Å². The number of nitrogens with zero attached hydrogens (tertiary/aromatic N) is 2. The van der Waals surface area contributed by atoms with Gasteiger partial charge in [0.2, 0.25) is 0 Å². The van der Waals surface area contributed by atoms with Crippen LogP contribution in [0, 0.1) is 0 Å². The van der Waals surface area contributed by atoms with Crippen molar-refractivity contribution < 1.29 is 5.11 Å². The van der Waals surface area contributed by atoms with Crippen molar-refractivity contribution in [3.05, 3.63) is 23.7 Å². The monoisotopic (exact) mass is 165 g/mol. The fourth-order valence-electron chi connectivity index (χ4n) is 1.40. The largest absolute Gasteiger partial charge is 0.373 e. The van der Waals surface area contributed by atoms with Crippen LogP contribution in [0.4, 0.5) is 0 Å². The van der Waals surface area contributed by atoms with Gasteiger partial charge in [-0.3, -0.25) is 5.01 Å². The Morgan fingerprint density at radius 3 is 3.08 bits per heavy atom. The molecular formula is C8H11N3O. The highest BCUT2D eigenvalue weighted by Crippen LogP contribution is 2.21. The zero-order chi connectivity index (χ0) is 8.72. The SMILES string of the molecule is CC1=CC(C)=NC2=CC(O)NN12. The van der Waals surface area contributed by atoms with Crippen LogP contribution in [0.1, 0.15) is 13.8 Å². The van der Waals surface area contributed by atoms with E-state index >= 15 is 0 Å². The van der Waals surface area contributed by atoms with Gasteiger partial charge in [0.05, 0.1) is 0 Å². The number of fused-ring (bicyclic) bond motifs is 1. The van der Waals surface area contributed by atoms with Gasteiger partial charge >= 0.3 is 0 Å². The summed E-state index contributed by atoms with van der Waals surface area (Å²) in [4.78, 5) is 4.25. The van der Waals surface area contributed by atoms with Crippen LogP contribution in [0.15, 0.2) is 28.7 Å². The number of aliphatic imine (C=N–C) groups is 1. The second kappa shape index (κ2) is 2.43. The van der Waals surface area contributed by atoms with Crippen molar-refractivity contribution in [3.63, 3.8) is 0 Å². The molecule has 0 aromatic carbocycles. The van der Waals surface area contributed by atoms with E-state index in [1.54, 1.807) is 11.1 Å². The molecular weight excluding hydrogens is 154 g/mol. The van der Waals surface area contributed by atoms with Crippen molar-refractivity contribution >= 4 is 5.71 Å². The summed E-state index contributed by atoms with van der Waals surface area (Å²) in [6, 6.07) is 0. The van der Waals surface area contributed by atoms with Gasteiger partial charge in [0.15, 0.2) is 0 Å². The number of hydrazine groups is 1. The molecule has 0 saturated heterocycles. The molecule has 2 aliphatic rings. The molecule has 2 heterocycles. The van der Waals surface area contributed by atoms with Crippen LogP contribution in [0.3, 0.4) is 0 Å². The van der Waals surface area contributed by atoms with E-state index in [0.717, 1.165) is 17.2 Å². The quantitative estimate of drug-likeness (QED) is 0.544. The molecule has 2 aliphatic heterocycles.